The Bertz CT molecular complexity index is 954. The minimum atomic E-state index is 0.455. The summed E-state index contributed by atoms with van der Waals surface area (Å²) in [6.45, 7) is 2.62. The van der Waals surface area contributed by atoms with E-state index in [4.69, 9.17) is 21.4 Å². The molecule has 2 aromatic heterocycles. The Morgan fingerprint density at radius 1 is 1.07 bits per heavy atom. The summed E-state index contributed by atoms with van der Waals surface area (Å²) in [6, 6.07) is 11.7. The Balaban J connectivity index is 1.30. The van der Waals surface area contributed by atoms with Gasteiger partial charge in [0.05, 0.1) is 11.6 Å². The van der Waals surface area contributed by atoms with Crippen molar-refractivity contribution >= 4 is 23.1 Å². The third-order valence-corrected chi connectivity index (χ3v) is 5.68. The van der Waals surface area contributed by atoms with Gasteiger partial charge in [0, 0.05) is 24.9 Å². The number of anilines is 1. The maximum atomic E-state index is 6.20. The second kappa shape index (κ2) is 7.00. The molecule has 1 aliphatic heterocycles. The van der Waals surface area contributed by atoms with Crippen LogP contribution in [0.5, 0.6) is 5.75 Å². The van der Waals surface area contributed by atoms with Crippen LogP contribution in [0.3, 0.4) is 0 Å². The fraction of sp³-hybridized carbons (Fsp3) is 0.450. The molecular weight excluding hydrogens is 362 g/mol. The third kappa shape index (κ3) is 3.46. The summed E-state index contributed by atoms with van der Waals surface area (Å²) in [6.07, 6.45) is 4.67. The Hall–Kier alpha value is -2.34. The zero-order valence-corrected chi connectivity index (χ0v) is 15.8. The van der Waals surface area contributed by atoms with Crippen LogP contribution in [0.15, 0.2) is 36.4 Å². The summed E-state index contributed by atoms with van der Waals surface area (Å²) in [7, 11) is 0. The normalized spacial score (nSPS) is 20.2. The van der Waals surface area contributed by atoms with Gasteiger partial charge >= 0.3 is 0 Å². The number of piperidine rings is 1. The highest BCUT2D eigenvalue weighted by Crippen LogP contribution is 2.38. The van der Waals surface area contributed by atoms with Gasteiger partial charge in [0.25, 0.3) is 0 Å². The van der Waals surface area contributed by atoms with Crippen LogP contribution in [0.4, 0.5) is 5.82 Å². The summed E-state index contributed by atoms with van der Waals surface area (Å²) in [4.78, 5) is 2.35. The summed E-state index contributed by atoms with van der Waals surface area (Å²) in [5.41, 5.74) is 0.830. The van der Waals surface area contributed by atoms with Crippen molar-refractivity contribution in [1.29, 1.82) is 0 Å². The average Bonchev–Trinajstić information content (AvgIpc) is 3.46. The fourth-order valence-corrected chi connectivity index (χ4v) is 3.93. The number of hydrogen-bond acceptors (Lipinski definition) is 5. The van der Waals surface area contributed by atoms with Crippen LogP contribution in [0.25, 0.3) is 5.65 Å². The van der Waals surface area contributed by atoms with Crippen molar-refractivity contribution in [3.05, 3.63) is 47.2 Å². The SMILES string of the molecule is Clc1ccccc1OCC1CCCN(c2ccc3nnc(C4CC4)n3n2)C1. The van der Waals surface area contributed by atoms with Crippen molar-refractivity contribution in [3.63, 3.8) is 0 Å². The third-order valence-electron chi connectivity index (χ3n) is 5.37. The molecule has 1 aliphatic carbocycles. The van der Waals surface area contributed by atoms with Crippen molar-refractivity contribution in [1.82, 2.24) is 19.8 Å². The highest BCUT2D eigenvalue weighted by Gasteiger charge is 2.30. The minimum absolute atomic E-state index is 0.455. The number of halogens is 1. The standard InChI is InChI=1S/C20H22ClN5O/c21-16-5-1-2-6-17(16)27-13-14-4-3-11-25(12-14)19-10-9-18-22-23-20(15-7-8-15)26(18)24-19/h1-2,5-6,9-10,14-15H,3-4,7-8,11-13H2. The van der Waals surface area contributed by atoms with Gasteiger partial charge in [0.2, 0.25) is 0 Å². The molecule has 0 bridgehead atoms. The van der Waals surface area contributed by atoms with Crippen molar-refractivity contribution < 1.29 is 4.74 Å². The van der Waals surface area contributed by atoms with Crippen LogP contribution in [-0.2, 0) is 0 Å². The van der Waals surface area contributed by atoms with Gasteiger partial charge in [-0.3, -0.25) is 0 Å². The molecule has 1 aromatic carbocycles. The first-order valence-corrected chi connectivity index (χ1v) is 10.0. The lowest BCUT2D eigenvalue weighted by Gasteiger charge is -2.33. The number of aromatic nitrogens is 4. The molecule has 7 heteroatoms. The number of benzene rings is 1. The van der Waals surface area contributed by atoms with E-state index in [1.165, 1.54) is 12.8 Å². The largest absolute Gasteiger partial charge is 0.492 e. The summed E-state index contributed by atoms with van der Waals surface area (Å²) >= 11 is 6.20. The first-order valence-electron chi connectivity index (χ1n) is 9.62. The molecule has 0 spiro atoms. The number of ether oxygens (including phenoxy) is 1. The van der Waals surface area contributed by atoms with Gasteiger partial charge in [0.1, 0.15) is 11.6 Å². The zero-order chi connectivity index (χ0) is 18.2. The first kappa shape index (κ1) is 16.8. The van der Waals surface area contributed by atoms with E-state index in [-0.39, 0.29) is 0 Å². The summed E-state index contributed by atoms with van der Waals surface area (Å²) in [5, 5.41) is 14.1. The van der Waals surface area contributed by atoms with Crippen molar-refractivity contribution in [2.75, 3.05) is 24.6 Å². The predicted molar refractivity (Wildman–Crippen MR) is 105 cm³/mol. The van der Waals surface area contributed by atoms with E-state index >= 15 is 0 Å². The Morgan fingerprint density at radius 3 is 2.81 bits per heavy atom. The maximum absolute atomic E-state index is 6.20. The molecule has 0 radical (unpaired) electrons. The Kier molecular flexibility index (Phi) is 4.36. The van der Waals surface area contributed by atoms with Gasteiger partial charge in [-0.2, -0.15) is 4.52 Å². The van der Waals surface area contributed by atoms with E-state index < -0.39 is 0 Å². The number of nitrogens with zero attached hydrogens (tertiary/aromatic N) is 5. The molecule has 2 fully saturated rings. The predicted octanol–water partition coefficient (Wildman–Crippen LogP) is 3.95. The monoisotopic (exact) mass is 383 g/mol. The molecule has 0 amide bonds. The highest BCUT2D eigenvalue weighted by atomic mass is 35.5. The maximum Gasteiger partial charge on any atom is 0.178 e. The molecule has 1 unspecified atom stereocenters. The molecule has 5 rings (SSSR count). The van der Waals surface area contributed by atoms with Gasteiger partial charge in [-0.05, 0) is 49.9 Å². The molecule has 2 aliphatic rings. The van der Waals surface area contributed by atoms with Crippen molar-refractivity contribution in [2.24, 2.45) is 5.92 Å². The van der Waals surface area contributed by atoms with Crippen LogP contribution in [-0.4, -0.2) is 39.5 Å². The smallest absolute Gasteiger partial charge is 0.178 e. The molecule has 27 heavy (non-hydrogen) atoms. The topological polar surface area (TPSA) is 55.5 Å². The first-order chi connectivity index (χ1) is 13.3. The molecule has 3 heterocycles. The van der Waals surface area contributed by atoms with E-state index in [1.807, 2.05) is 34.8 Å². The number of rotatable bonds is 5. The van der Waals surface area contributed by atoms with Crippen LogP contribution >= 0.6 is 11.6 Å². The van der Waals surface area contributed by atoms with Gasteiger partial charge in [-0.1, -0.05) is 23.7 Å². The van der Waals surface area contributed by atoms with E-state index in [9.17, 15) is 0 Å². The van der Waals surface area contributed by atoms with Gasteiger partial charge < -0.3 is 9.64 Å². The quantitative estimate of drug-likeness (QED) is 0.667. The van der Waals surface area contributed by atoms with Gasteiger partial charge in [0.15, 0.2) is 11.5 Å². The Morgan fingerprint density at radius 2 is 1.96 bits per heavy atom. The highest BCUT2D eigenvalue weighted by molar-refractivity contribution is 6.32. The fourth-order valence-electron chi connectivity index (χ4n) is 3.74. The molecule has 140 valence electrons. The lowest BCUT2D eigenvalue weighted by Crippen LogP contribution is -2.38. The van der Waals surface area contributed by atoms with Crippen LogP contribution in [0, 0.1) is 5.92 Å². The molecule has 6 nitrogen and oxygen atoms in total. The number of hydrogen-bond donors (Lipinski definition) is 0. The molecule has 1 atom stereocenters. The lowest BCUT2D eigenvalue weighted by molar-refractivity contribution is 0.228. The van der Waals surface area contributed by atoms with E-state index in [1.54, 1.807) is 0 Å². The zero-order valence-electron chi connectivity index (χ0n) is 15.1. The summed E-state index contributed by atoms with van der Waals surface area (Å²) in [5.74, 6) is 3.74. The van der Waals surface area contributed by atoms with Gasteiger partial charge in [-0.25, -0.2) is 0 Å². The van der Waals surface area contributed by atoms with Crippen LogP contribution in [0.1, 0.15) is 37.4 Å². The molecule has 3 aromatic rings. The second-order valence-electron chi connectivity index (χ2n) is 7.49. The number of fused-ring (bicyclic) bond motifs is 1. The summed E-state index contributed by atoms with van der Waals surface area (Å²) < 4.78 is 7.90. The molecule has 0 N–H and O–H groups in total. The van der Waals surface area contributed by atoms with Crippen molar-refractivity contribution in [2.45, 2.75) is 31.6 Å². The number of para-hydroxylation sites is 1. The molecule has 1 saturated heterocycles. The van der Waals surface area contributed by atoms with Crippen molar-refractivity contribution in [3.8, 4) is 5.75 Å². The van der Waals surface area contributed by atoms with E-state index in [2.05, 4.69) is 21.2 Å². The molecule has 1 saturated carbocycles. The Labute approximate surface area is 163 Å². The second-order valence-corrected chi connectivity index (χ2v) is 7.90. The van der Waals surface area contributed by atoms with E-state index in [0.29, 0.717) is 23.5 Å². The average molecular weight is 384 g/mol. The van der Waals surface area contributed by atoms with E-state index in [0.717, 1.165) is 49.0 Å². The van der Waals surface area contributed by atoms with Crippen LogP contribution in [0.2, 0.25) is 5.02 Å². The van der Waals surface area contributed by atoms with Crippen LogP contribution < -0.4 is 9.64 Å². The lowest BCUT2D eigenvalue weighted by atomic mass is 9.99. The minimum Gasteiger partial charge on any atom is -0.492 e. The molecular formula is C20H22ClN5O. The van der Waals surface area contributed by atoms with Gasteiger partial charge in [-0.15, -0.1) is 15.3 Å².